The van der Waals surface area contributed by atoms with Crippen LogP contribution in [0.15, 0.2) is 0 Å². The van der Waals surface area contributed by atoms with E-state index in [0.717, 1.165) is 6.42 Å². The predicted octanol–water partition coefficient (Wildman–Crippen LogP) is 2.19. The third-order valence-electron chi connectivity index (χ3n) is 1.89. The fourth-order valence-corrected chi connectivity index (χ4v) is 2.86. The molecule has 0 saturated heterocycles. The summed E-state index contributed by atoms with van der Waals surface area (Å²) in [6.07, 6.45) is 0.920. The van der Waals surface area contributed by atoms with Crippen LogP contribution in [0, 0.1) is 5.92 Å². The van der Waals surface area contributed by atoms with Crippen molar-refractivity contribution in [3.05, 3.63) is 0 Å². The monoisotopic (exact) mass is 276 g/mol. The maximum atomic E-state index is 10.9. The molecule has 0 aliphatic rings. The topological polar surface area (TPSA) is 34.1 Å². The highest BCUT2D eigenvalue weighted by Gasteiger charge is 2.21. The number of hydrogen-bond donors (Lipinski definition) is 0. The maximum absolute atomic E-state index is 10.9. The van der Waals surface area contributed by atoms with Crippen molar-refractivity contribution in [3.63, 3.8) is 0 Å². The van der Waals surface area contributed by atoms with Gasteiger partial charge >= 0.3 is 0 Å². The van der Waals surface area contributed by atoms with Gasteiger partial charge in [0.05, 0.1) is 26.5 Å². The number of hydrogen-bond acceptors (Lipinski definition) is 2. The quantitative estimate of drug-likeness (QED) is 0.585. The van der Waals surface area contributed by atoms with Crippen LogP contribution < -0.4 is 0 Å². The van der Waals surface area contributed by atoms with Crippen LogP contribution in [0.25, 0.3) is 0 Å². The summed E-state index contributed by atoms with van der Waals surface area (Å²) in [6.45, 7) is 5.72. The molecule has 0 saturated carbocycles. The van der Waals surface area contributed by atoms with Crippen LogP contribution in [0.1, 0.15) is 27.2 Å². The van der Waals surface area contributed by atoms with Gasteiger partial charge in [0.15, 0.2) is 0 Å². The third kappa shape index (κ3) is 3.18. The Morgan fingerprint density at radius 3 is 1.90 bits per heavy atom. The van der Waals surface area contributed by atoms with Gasteiger partial charge in [-0.2, -0.15) is 0 Å². The van der Waals surface area contributed by atoms with Gasteiger partial charge in [0, 0.05) is 0 Å². The molecular weight excluding hydrogens is 263 g/mol. The van der Waals surface area contributed by atoms with E-state index >= 15 is 0 Å². The lowest BCUT2D eigenvalue weighted by molar-refractivity contribution is 0.520. The van der Waals surface area contributed by atoms with Crippen LogP contribution in [0.4, 0.5) is 0 Å². The smallest absolute Gasteiger partial charge is 0.205 e. The molecule has 0 N–H and O–H groups in total. The van der Waals surface area contributed by atoms with E-state index in [2.05, 4.69) is 0 Å². The van der Waals surface area contributed by atoms with E-state index in [9.17, 15) is 8.42 Å². The molecule has 62 valence electrons. The molecule has 0 aliphatic heterocycles. The van der Waals surface area contributed by atoms with Crippen LogP contribution in [-0.2, 0) is 7.01 Å². The zero-order valence-corrected chi connectivity index (χ0v) is 9.44. The summed E-state index contributed by atoms with van der Waals surface area (Å²) >= 11 is 1.51. The van der Waals surface area contributed by atoms with E-state index < -0.39 is 7.01 Å². The molecule has 0 aromatic heterocycles. The zero-order chi connectivity index (χ0) is 8.36. The summed E-state index contributed by atoms with van der Waals surface area (Å²) in [5.74, 6) is 0.266. The lowest BCUT2D eigenvalue weighted by atomic mass is 10.1. The van der Waals surface area contributed by atoms with Gasteiger partial charge in [-0.15, -0.1) is 0 Å². The fourth-order valence-electron chi connectivity index (χ4n) is 0.609. The Hall–Kier alpha value is 0.680. The summed E-state index contributed by atoms with van der Waals surface area (Å²) in [5, 5.41) is -0.210. The van der Waals surface area contributed by atoms with Crippen LogP contribution in [-0.4, -0.2) is 13.7 Å². The van der Waals surface area contributed by atoms with Gasteiger partial charge in [-0.05, 0) is 12.8 Å². The van der Waals surface area contributed by atoms with E-state index in [4.69, 9.17) is 0 Å². The van der Waals surface area contributed by atoms with Crippen molar-refractivity contribution in [1.29, 1.82) is 0 Å². The fraction of sp³-hybridized carbons (Fsp3) is 1.00. The largest absolute Gasteiger partial charge is 0.218 e. The predicted molar refractivity (Wildman–Crippen MR) is 51.9 cm³/mol. The summed E-state index contributed by atoms with van der Waals surface area (Å²) in [5.41, 5.74) is 0. The van der Waals surface area contributed by atoms with Crippen LogP contribution in [0.3, 0.4) is 0 Å². The van der Waals surface area contributed by atoms with Crippen molar-refractivity contribution in [2.45, 2.75) is 32.4 Å². The van der Waals surface area contributed by atoms with E-state index in [1.165, 1.54) is 21.2 Å². The van der Waals surface area contributed by atoms with Gasteiger partial charge in [0.2, 0.25) is 7.01 Å². The first-order valence-electron chi connectivity index (χ1n) is 3.33. The highest BCUT2D eigenvalue weighted by Crippen LogP contribution is 2.20. The van der Waals surface area contributed by atoms with E-state index in [1.807, 2.05) is 13.8 Å². The van der Waals surface area contributed by atoms with Crippen molar-refractivity contribution in [1.82, 2.24) is 0 Å². The van der Waals surface area contributed by atoms with Gasteiger partial charge in [-0.1, -0.05) is 20.3 Å². The van der Waals surface area contributed by atoms with Crippen molar-refractivity contribution >= 4 is 28.2 Å². The zero-order valence-electron chi connectivity index (χ0n) is 6.46. The van der Waals surface area contributed by atoms with Gasteiger partial charge in [0.1, 0.15) is 0 Å². The standard InChI is InChI=1S/C6H13IO2S/c1-4-5(2)6(3)10(7,8)9/h5-6H,4H2,1-3H3. The average Bonchev–Trinajstić information content (AvgIpc) is 1.83. The summed E-state index contributed by atoms with van der Waals surface area (Å²) < 4.78 is 21.8. The molecule has 0 rings (SSSR count). The first-order chi connectivity index (χ1) is 4.39. The first-order valence-corrected chi connectivity index (χ1v) is 7.42. The molecule has 0 bridgehead atoms. The molecule has 0 amide bonds. The number of rotatable bonds is 3. The lowest BCUT2D eigenvalue weighted by Gasteiger charge is -2.14. The molecule has 0 spiro atoms. The minimum atomic E-state index is -2.84. The minimum absolute atomic E-state index is 0.210. The average molecular weight is 276 g/mol. The van der Waals surface area contributed by atoms with Crippen molar-refractivity contribution < 1.29 is 8.42 Å². The van der Waals surface area contributed by atoms with Gasteiger partial charge in [0.25, 0.3) is 0 Å². The Balaban J connectivity index is 4.23. The van der Waals surface area contributed by atoms with Crippen molar-refractivity contribution in [2.24, 2.45) is 5.92 Å². The molecule has 10 heavy (non-hydrogen) atoms. The molecular formula is C6H13IO2S. The lowest BCUT2D eigenvalue weighted by Crippen LogP contribution is -2.19. The maximum Gasteiger partial charge on any atom is 0.205 e. The molecule has 4 heteroatoms. The number of halogens is 1. The van der Waals surface area contributed by atoms with Crippen LogP contribution >= 0.6 is 21.2 Å². The van der Waals surface area contributed by atoms with E-state index in [0.29, 0.717) is 0 Å². The molecule has 2 unspecified atom stereocenters. The SMILES string of the molecule is CCC(C)C(C)S(=O)(=O)I. The Morgan fingerprint density at radius 2 is 1.80 bits per heavy atom. The molecule has 0 aromatic carbocycles. The van der Waals surface area contributed by atoms with Gasteiger partial charge in [-0.3, -0.25) is 0 Å². The second-order valence-corrected chi connectivity index (χ2v) is 7.94. The van der Waals surface area contributed by atoms with Crippen LogP contribution in [0.2, 0.25) is 0 Å². The second kappa shape index (κ2) is 3.90. The van der Waals surface area contributed by atoms with E-state index in [-0.39, 0.29) is 11.2 Å². The third-order valence-corrected chi connectivity index (χ3v) is 5.65. The summed E-state index contributed by atoms with van der Waals surface area (Å²) in [6, 6.07) is 0. The normalized spacial score (nSPS) is 18.4. The highest BCUT2D eigenvalue weighted by molar-refractivity contribution is 14.2. The van der Waals surface area contributed by atoms with Crippen LogP contribution in [0.5, 0.6) is 0 Å². The minimum Gasteiger partial charge on any atom is -0.218 e. The molecule has 0 aromatic rings. The molecule has 0 fully saturated rings. The molecule has 2 atom stereocenters. The Morgan fingerprint density at radius 1 is 1.40 bits per heavy atom. The highest BCUT2D eigenvalue weighted by atomic mass is 127. The molecule has 2 nitrogen and oxygen atoms in total. The van der Waals surface area contributed by atoms with Crippen molar-refractivity contribution in [2.75, 3.05) is 0 Å². The van der Waals surface area contributed by atoms with Crippen molar-refractivity contribution in [3.8, 4) is 0 Å². The van der Waals surface area contributed by atoms with Gasteiger partial charge < -0.3 is 0 Å². The first kappa shape index (κ1) is 10.7. The van der Waals surface area contributed by atoms with Gasteiger partial charge in [-0.25, -0.2) is 8.42 Å². The Kier molecular flexibility index (Phi) is 4.16. The molecule has 0 radical (unpaired) electrons. The van der Waals surface area contributed by atoms with E-state index in [1.54, 1.807) is 6.92 Å². The Bertz CT molecular complexity index is 186. The Labute approximate surface area is 74.9 Å². The second-order valence-electron chi connectivity index (χ2n) is 2.57. The summed E-state index contributed by atoms with van der Waals surface area (Å²) in [4.78, 5) is 0. The molecule has 0 heterocycles. The molecule has 0 aliphatic carbocycles. The summed E-state index contributed by atoms with van der Waals surface area (Å²) in [7, 11) is -2.84.